The van der Waals surface area contributed by atoms with Crippen LogP contribution in [-0.2, 0) is 14.3 Å². The molecule has 0 aliphatic heterocycles. The van der Waals surface area contributed by atoms with Gasteiger partial charge in [0.2, 0.25) is 11.8 Å². The van der Waals surface area contributed by atoms with Crippen LogP contribution in [0.25, 0.3) is 10.4 Å². The van der Waals surface area contributed by atoms with E-state index in [4.69, 9.17) is 5.53 Å². The van der Waals surface area contributed by atoms with Gasteiger partial charge in [-0.15, -0.1) is 0 Å². The van der Waals surface area contributed by atoms with E-state index in [2.05, 4.69) is 14.8 Å². The van der Waals surface area contributed by atoms with E-state index >= 15 is 0 Å². The molecule has 0 radical (unpaired) electrons. The lowest BCUT2D eigenvalue weighted by Gasteiger charge is -2.13. The highest BCUT2D eigenvalue weighted by Gasteiger charge is 2.19. The fourth-order valence-corrected chi connectivity index (χ4v) is 0.655. The third kappa shape index (κ3) is 4.63. The highest BCUT2D eigenvalue weighted by atomic mass is 16.6. The third-order valence-electron chi connectivity index (χ3n) is 1.37. The van der Waals surface area contributed by atoms with Crippen LogP contribution in [0.2, 0.25) is 0 Å². The van der Waals surface area contributed by atoms with Gasteiger partial charge in [-0.1, -0.05) is 0 Å². The zero-order valence-electron chi connectivity index (χ0n) is 8.34. The Hall–Kier alpha value is -2.08. The maximum absolute atomic E-state index is 11.2. The summed E-state index contributed by atoms with van der Waals surface area (Å²) in [6.07, 6.45) is -1.50. The van der Waals surface area contributed by atoms with E-state index in [1.807, 2.05) is 0 Å². The highest BCUT2D eigenvalue weighted by Crippen LogP contribution is 1.97. The van der Waals surface area contributed by atoms with E-state index in [1.54, 1.807) is 6.92 Å². The molecule has 0 saturated heterocycles. The lowest BCUT2D eigenvalue weighted by molar-refractivity contribution is -0.132. The Morgan fingerprint density at radius 3 is 2.53 bits per heavy atom. The van der Waals surface area contributed by atoms with Gasteiger partial charge in [-0.3, -0.25) is 14.5 Å². The fraction of sp³-hybridized carbons (Fsp3) is 0.571. The van der Waals surface area contributed by atoms with Gasteiger partial charge in [0.1, 0.15) is 0 Å². The first kappa shape index (κ1) is 12.9. The topological polar surface area (TPSA) is 112 Å². The largest absolute Gasteiger partial charge is 0.449 e. The summed E-state index contributed by atoms with van der Waals surface area (Å²) < 4.78 is 4.52. The summed E-state index contributed by atoms with van der Waals surface area (Å²) in [6.45, 7) is 1.71. The van der Waals surface area contributed by atoms with Crippen molar-refractivity contribution in [1.82, 2.24) is 4.90 Å². The summed E-state index contributed by atoms with van der Waals surface area (Å²) in [5.41, 5.74) is 7.90. The molecule has 0 spiro atoms. The summed E-state index contributed by atoms with van der Waals surface area (Å²) in [4.78, 5) is 35.7. The first-order valence-corrected chi connectivity index (χ1v) is 4.04. The minimum absolute atomic E-state index is 0.126. The first-order valence-electron chi connectivity index (χ1n) is 4.04. The molecule has 0 fully saturated rings. The van der Waals surface area contributed by atoms with Crippen LogP contribution in [0.4, 0.5) is 4.79 Å². The van der Waals surface area contributed by atoms with E-state index in [-0.39, 0.29) is 6.61 Å². The van der Waals surface area contributed by atoms with Gasteiger partial charge in [0.05, 0.1) is 13.0 Å². The number of hydrogen-bond acceptors (Lipinski definition) is 4. The number of amides is 3. The van der Waals surface area contributed by atoms with Crippen molar-refractivity contribution in [2.45, 2.75) is 13.3 Å². The average molecular weight is 214 g/mol. The molecule has 0 heterocycles. The van der Waals surface area contributed by atoms with E-state index in [0.717, 1.165) is 0 Å². The lowest BCUT2D eigenvalue weighted by Crippen LogP contribution is -2.34. The Labute approximate surface area is 85.4 Å². The first-order chi connectivity index (χ1) is 7.02. The molecule has 0 aromatic heterocycles. The number of ether oxygens (including phenoxy) is 1. The Bertz CT molecular complexity index is 321. The maximum atomic E-state index is 11.2. The number of carbonyl (C=O) groups excluding carboxylic acids is 3. The van der Waals surface area contributed by atoms with Gasteiger partial charge in [0.15, 0.2) is 0 Å². The number of carbonyl (C=O) groups is 3. The van der Waals surface area contributed by atoms with Crippen LogP contribution in [-0.4, -0.2) is 36.5 Å². The standard InChI is InChI=1S/C7H10N4O4/c1-3-15-7(14)11(2)6(13)4-5(12)9-10-8/h3-4H2,1-2H3. The summed E-state index contributed by atoms with van der Waals surface area (Å²) in [5, 5.41) is 2.69. The summed E-state index contributed by atoms with van der Waals surface area (Å²) in [7, 11) is 1.17. The maximum Gasteiger partial charge on any atom is 0.416 e. The number of hydrogen-bond donors (Lipinski definition) is 0. The molecule has 0 aromatic carbocycles. The van der Waals surface area contributed by atoms with Crippen LogP contribution in [0.15, 0.2) is 5.11 Å². The molecule has 0 aliphatic rings. The highest BCUT2D eigenvalue weighted by molar-refractivity contribution is 6.02. The van der Waals surface area contributed by atoms with Gasteiger partial charge >= 0.3 is 6.09 Å². The van der Waals surface area contributed by atoms with Gasteiger partial charge in [-0.25, -0.2) is 4.79 Å². The Morgan fingerprint density at radius 1 is 1.47 bits per heavy atom. The number of imide groups is 1. The van der Waals surface area contributed by atoms with Crippen LogP contribution >= 0.6 is 0 Å². The average Bonchev–Trinajstić information content (AvgIpc) is 2.17. The zero-order valence-corrected chi connectivity index (χ0v) is 8.34. The Balaban J connectivity index is 4.27. The van der Waals surface area contributed by atoms with Crippen LogP contribution in [0.3, 0.4) is 0 Å². The molecule has 82 valence electrons. The second-order valence-electron chi connectivity index (χ2n) is 2.41. The zero-order chi connectivity index (χ0) is 11.8. The van der Waals surface area contributed by atoms with Crippen LogP contribution in [0, 0.1) is 0 Å². The lowest BCUT2D eigenvalue weighted by atomic mass is 10.4. The third-order valence-corrected chi connectivity index (χ3v) is 1.37. The Kier molecular flexibility index (Phi) is 5.50. The monoisotopic (exact) mass is 214 g/mol. The smallest absolute Gasteiger partial charge is 0.416 e. The molecule has 0 bridgehead atoms. The predicted octanol–water partition coefficient (Wildman–Crippen LogP) is 0.828. The molecular weight excluding hydrogens is 204 g/mol. The summed E-state index contributed by atoms with van der Waals surface area (Å²) in [5.74, 6) is -1.73. The molecule has 0 aliphatic carbocycles. The van der Waals surface area contributed by atoms with E-state index in [1.165, 1.54) is 7.05 Å². The predicted molar refractivity (Wildman–Crippen MR) is 48.6 cm³/mol. The molecule has 0 unspecified atom stereocenters. The Morgan fingerprint density at radius 2 is 2.07 bits per heavy atom. The fourth-order valence-electron chi connectivity index (χ4n) is 0.655. The molecule has 0 aromatic rings. The van der Waals surface area contributed by atoms with Crippen molar-refractivity contribution < 1.29 is 19.1 Å². The van der Waals surface area contributed by atoms with Crippen molar-refractivity contribution in [1.29, 1.82) is 0 Å². The second kappa shape index (κ2) is 6.39. The van der Waals surface area contributed by atoms with Crippen LogP contribution in [0.1, 0.15) is 13.3 Å². The SMILES string of the molecule is CCOC(=O)N(C)C(=O)CC(=O)N=[N+]=[N-]. The minimum atomic E-state index is -0.946. The molecule has 8 heteroatoms. The van der Waals surface area contributed by atoms with E-state index in [9.17, 15) is 14.4 Å². The quantitative estimate of drug-likeness (QED) is 0.299. The number of nitrogens with zero attached hydrogens (tertiary/aromatic N) is 4. The van der Waals surface area contributed by atoms with Crippen molar-refractivity contribution >= 4 is 17.9 Å². The molecule has 3 amide bonds. The molecule has 0 atom stereocenters. The molecule has 8 nitrogen and oxygen atoms in total. The number of rotatable bonds is 3. The van der Waals surface area contributed by atoms with Crippen molar-refractivity contribution in [3.63, 3.8) is 0 Å². The second-order valence-corrected chi connectivity index (χ2v) is 2.41. The molecule has 0 N–H and O–H groups in total. The van der Waals surface area contributed by atoms with Crippen molar-refractivity contribution in [3.8, 4) is 0 Å². The van der Waals surface area contributed by atoms with Crippen molar-refractivity contribution in [3.05, 3.63) is 10.4 Å². The van der Waals surface area contributed by atoms with Gasteiger partial charge in [0.25, 0.3) is 0 Å². The van der Waals surface area contributed by atoms with E-state index in [0.29, 0.717) is 4.90 Å². The minimum Gasteiger partial charge on any atom is -0.449 e. The van der Waals surface area contributed by atoms with Crippen molar-refractivity contribution in [2.24, 2.45) is 5.11 Å². The number of azide groups is 1. The molecular formula is C7H10N4O4. The molecule has 0 rings (SSSR count). The van der Waals surface area contributed by atoms with E-state index < -0.39 is 24.3 Å². The molecule has 15 heavy (non-hydrogen) atoms. The normalized spacial score (nSPS) is 8.67. The van der Waals surface area contributed by atoms with Gasteiger partial charge in [-0.2, -0.15) is 0 Å². The van der Waals surface area contributed by atoms with Gasteiger partial charge in [0, 0.05) is 12.0 Å². The molecule has 0 saturated carbocycles. The van der Waals surface area contributed by atoms with Crippen LogP contribution in [0.5, 0.6) is 0 Å². The van der Waals surface area contributed by atoms with Gasteiger partial charge in [-0.05, 0) is 17.6 Å². The van der Waals surface area contributed by atoms with Gasteiger partial charge < -0.3 is 4.74 Å². The van der Waals surface area contributed by atoms with Crippen LogP contribution < -0.4 is 0 Å². The summed E-state index contributed by atoms with van der Waals surface area (Å²) >= 11 is 0. The van der Waals surface area contributed by atoms with Crippen molar-refractivity contribution in [2.75, 3.05) is 13.7 Å². The summed E-state index contributed by atoms with van der Waals surface area (Å²) in [6, 6.07) is 0.